The van der Waals surface area contributed by atoms with Gasteiger partial charge in [-0.1, -0.05) is 20.3 Å². The predicted molar refractivity (Wildman–Crippen MR) is 55.3 cm³/mol. The number of carbonyl (C=O) groups is 1. The molecule has 0 aliphatic rings. The van der Waals surface area contributed by atoms with Crippen LogP contribution in [-0.2, 0) is 4.79 Å². The van der Waals surface area contributed by atoms with Gasteiger partial charge in [-0.05, 0) is 26.2 Å². The second-order valence-corrected chi connectivity index (χ2v) is 3.95. The van der Waals surface area contributed by atoms with E-state index in [4.69, 9.17) is 5.73 Å². The molecule has 3 nitrogen and oxygen atoms in total. The van der Waals surface area contributed by atoms with Gasteiger partial charge in [-0.3, -0.25) is 4.79 Å². The molecule has 3 unspecified atom stereocenters. The Labute approximate surface area is 81.1 Å². The minimum absolute atomic E-state index is 0.0594. The number of hydrogen-bond donors (Lipinski definition) is 2. The summed E-state index contributed by atoms with van der Waals surface area (Å²) in [5.41, 5.74) is 5.44. The van der Waals surface area contributed by atoms with E-state index in [0.717, 1.165) is 12.8 Å². The molecular weight excluding hydrogens is 164 g/mol. The molecule has 0 rings (SSSR count). The first-order valence-electron chi connectivity index (χ1n) is 5.03. The minimum Gasteiger partial charge on any atom is -0.352 e. The summed E-state index contributed by atoms with van der Waals surface area (Å²) in [6.45, 7) is 8.07. The second kappa shape index (κ2) is 5.97. The third-order valence-corrected chi connectivity index (χ3v) is 2.26. The van der Waals surface area contributed by atoms with Gasteiger partial charge in [0.1, 0.15) is 0 Å². The molecule has 0 aromatic rings. The van der Waals surface area contributed by atoms with Crippen molar-refractivity contribution in [1.82, 2.24) is 5.32 Å². The van der Waals surface area contributed by atoms with Crippen LogP contribution in [-0.4, -0.2) is 18.0 Å². The third-order valence-electron chi connectivity index (χ3n) is 2.26. The molecular formula is C10H22N2O. The number of rotatable bonds is 5. The maximum atomic E-state index is 11.2. The normalized spacial score (nSPS) is 17.6. The average molecular weight is 186 g/mol. The SMILES string of the molecule is CCC(C)CC(C)NC(=O)C(C)N. The Morgan fingerprint density at radius 2 is 1.92 bits per heavy atom. The number of amides is 1. The van der Waals surface area contributed by atoms with Crippen LogP contribution < -0.4 is 11.1 Å². The summed E-state index contributed by atoms with van der Waals surface area (Å²) < 4.78 is 0. The average Bonchev–Trinajstić information content (AvgIpc) is 2.03. The lowest BCUT2D eigenvalue weighted by Crippen LogP contribution is -2.43. The highest BCUT2D eigenvalue weighted by Gasteiger charge is 2.12. The van der Waals surface area contributed by atoms with Crippen molar-refractivity contribution in [3.05, 3.63) is 0 Å². The van der Waals surface area contributed by atoms with E-state index in [9.17, 15) is 4.79 Å². The van der Waals surface area contributed by atoms with Gasteiger partial charge in [0.05, 0.1) is 6.04 Å². The summed E-state index contributed by atoms with van der Waals surface area (Å²) in [4.78, 5) is 11.2. The fourth-order valence-electron chi connectivity index (χ4n) is 1.20. The van der Waals surface area contributed by atoms with Crippen molar-refractivity contribution >= 4 is 5.91 Å². The zero-order valence-corrected chi connectivity index (χ0v) is 9.13. The minimum atomic E-state index is -0.403. The van der Waals surface area contributed by atoms with Crippen LogP contribution in [0.15, 0.2) is 0 Å². The molecule has 13 heavy (non-hydrogen) atoms. The zero-order valence-electron chi connectivity index (χ0n) is 9.13. The molecule has 0 heterocycles. The van der Waals surface area contributed by atoms with Gasteiger partial charge in [0.2, 0.25) is 5.91 Å². The maximum absolute atomic E-state index is 11.2. The van der Waals surface area contributed by atoms with E-state index < -0.39 is 6.04 Å². The molecule has 78 valence electrons. The summed E-state index contributed by atoms with van der Waals surface area (Å²) in [5.74, 6) is 0.596. The summed E-state index contributed by atoms with van der Waals surface area (Å²) >= 11 is 0. The molecule has 0 saturated carbocycles. The Hall–Kier alpha value is -0.570. The lowest BCUT2D eigenvalue weighted by Gasteiger charge is -2.18. The third kappa shape index (κ3) is 5.64. The molecule has 0 aromatic carbocycles. The van der Waals surface area contributed by atoms with E-state index in [1.807, 2.05) is 6.92 Å². The summed E-state index contributed by atoms with van der Waals surface area (Å²) in [6, 6.07) is -0.173. The van der Waals surface area contributed by atoms with Crippen molar-refractivity contribution < 1.29 is 4.79 Å². The van der Waals surface area contributed by atoms with Crippen LogP contribution in [0, 0.1) is 5.92 Å². The van der Waals surface area contributed by atoms with Gasteiger partial charge >= 0.3 is 0 Å². The van der Waals surface area contributed by atoms with Crippen LogP contribution in [0.3, 0.4) is 0 Å². The lowest BCUT2D eigenvalue weighted by atomic mass is 10.0. The van der Waals surface area contributed by atoms with Crippen molar-refractivity contribution in [2.45, 2.75) is 52.6 Å². The van der Waals surface area contributed by atoms with E-state index >= 15 is 0 Å². The Morgan fingerprint density at radius 3 is 2.31 bits per heavy atom. The summed E-state index contributed by atoms with van der Waals surface area (Å²) in [5, 5.41) is 2.88. The van der Waals surface area contributed by atoms with Gasteiger partial charge in [-0.2, -0.15) is 0 Å². The van der Waals surface area contributed by atoms with Gasteiger partial charge < -0.3 is 11.1 Å². The van der Waals surface area contributed by atoms with Crippen LogP contribution in [0.4, 0.5) is 0 Å². The van der Waals surface area contributed by atoms with E-state index in [0.29, 0.717) is 5.92 Å². The number of nitrogens with two attached hydrogens (primary N) is 1. The molecule has 0 bridgehead atoms. The summed E-state index contributed by atoms with van der Waals surface area (Å²) in [7, 11) is 0. The number of nitrogens with one attached hydrogen (secondary N) is 1. The van der Waals surface area contributed by atoms with Crippen LogP contribution in [0.5, 0.6) is 0 Å². The van der Waals surface area contributed by atoms with E-state index in [1.165, 1.54) is 0 Å². The van der Waals surface area contributed by atoms with Gasteiger partial charge in [-0.15, -0.1) is 0 Å². The second-order valence-electron chi connectivity index (χ2n) is 3.95. The van der Waals surface area contributed by atoms with Crippen molar-refractivity contribution in [3.63, 3.8) is 0 Å². The molecule has 0 spiro atoms. The Bertz CT molecular complexity index is 157. The Balaban J connectivity index is 3.74. The first kappa shape index (κ1) is 12.4. The molecule has 0 aliphatic carbocycles. The van der Waals surface area contributed by atoms with Gasteiger partial charge in [0.15, 0.2) is 0 Å². The molecule has 0 aliphatic heterocycles. The zero-order chi connectivity index (χ0) is 10.4. The van der Waals surface area contributed by atoms with Crippen molar-refractivity contribution in [2.24, 2.45) is 11.7 Å². The van der Waals surface area contributed by atoms with Crippen LogP contribution in [0.1, 0.15) is 40.5 Å². The molecule has 0 aromatic heterocycles. The van der Waals surface area contributed by atoms with Gasteiger partial charge in [0, 0.05) is 6.04 Å². The van der Waals surface area contributed by atoms with Crippen molar-refractivity contribution in [3.8, 4) is 0 Å². The lowest BCUT2D eigenvalue weighted by molar-refractivity contribution is -0.122. The highest BCUT2D eigenvalue weighted by molar-refractivity contribution is 5.81. The van der Waals surface area contributed by atoms with Crippen LogP contribution in [0.25, 0.3) is 0 Å². The molecule has 0 saturated heterocycles. The first-order valence-corrected chi connectivity index (χ1v) is 5.03. The van der Waals surface area contributed by atoms with Gasteiger partial charge in [0.25, 0.3) is 0 Å². The van der Waals surface area contributed by atoms with E-state index in [1.54, 1.807) is 6.92 Å². The smallest absolute Gasteiger partial charge is 0.236 e. The fourth-order valence-corrected chi connectivity index (χ4v) is 1.20. The number of carbonyl (C=O) groups excluding carboxylic acids is 1. The largest absolute Gasteiger partial charge is 0.352 e. The number of hydrogen-bond acceptors (Lipinski definition) is 2. The first-order chi connectivity index (χ1) is 5.97. The monoisotopic (exact) mass is 186 g/mol. The molecule has 0 fully saturated rings. The quantitative estimate of drug-likeness (QED) is 0.679. The Morgan fingerprint density at radius 1 is 1.38 bits per heavy atom. The molecule has 3 heteroatoms. The molecule has 0 radical (unpaired) electrons. The highest BCUT2D eigenvalue weighted by atomic mass is 16.2. The van der Waals surface area contributed by atoms with E-state index in [2.05, 4.69) is 19.2 Å². The van der Waals surface area contributed by atoms with Gasteiger partial charge in [-0.25, -0.2) is 0 Å². The fraction of sp³-hybridized carbons (Fsp3) is 0.900. The van der Waals surface area contributed by atoms with Crippen LogP contribution in [0.2, 0.25) is 0 Å². The highest BCUT2D eigenvalue weighted by Crippen LogP contribution is 2.09. The summed E-state index contributed by atoms with van der Waals surface area (Å²) in [6.07, 6.45) is 2.17. The molecule has 1 amide bonds. The molecule has 3 N–H and O–H groups in total. The standard InChI is InChI=1S/C10H22N2O/c1-5-7(2)6-8(3)12-10(13)9(4)11/h7-9H,5-6,11H2,1-4H3,(H,12,13). The van der Waals surface area contributed by atoms with Crippen LogP contribution >= 0.6 is 0 Å². The molecule has 3 atom stereocenters. The predicted octanol–water partition coefficient (Wildman–Crippen LogP) is 1.27. The Kier molecular flexibility index (Phi) is 5.71. The van der Waals surface area contributed by atoms with Crippen molar-refractivity contribution in [1.29, 1.82) is 0 Å². The topological polar surface area (TPSA) is 55.1 Å². The maximum Gasteiger partial charge on any atom is 0.236 e. The van der Waals surface area contributed by atoms with E-state index in [-0.39, 0.29) is 11.9 Å². The van der Waals surface area contributed by atoms with Crippen molar-refractivity contribution in [2.75, 3.05) is 0 Å².